The van der Waals surface area contributed by atoms with Crippen molar-refractivity contribution in [1.29, 1.82) is 0 Å². The number of nitrogens with one attached hydrogen (secondary N) is 1. The van der Waals surface area contributed by atoms with Crippen LogP contribution in [0.5, 0.6) is 0 Å². The molecule has 1 atom stereocenters. The van der Waals surface area contributed by atoms with Crippen LogP contribution in [0, 0.1) is 0 Å². The fourth-order valence-corrected chi connectivity index (χ4v) is 5.01. The molecule has 0 radical (unpaired) electrons. The third-order valence-electron chi connectivity index (χ3n) is 5.65. The van der Waals surface area contributed by atoms with E-state index in [9.17, 15) is 9.59 Å². The molecule has 1 fully saturated rings. The predicted molar refractivity (Wildman–Crippen MR) is 132 cm³/mol. The summed E-state index contributed by atoms with van der Waals surface area (Å²) >= 11 is 1.63. The van der Waals surface area contributed by atoms with E-state index in [0.29, 0.717) is 17.9 Å². The van der Waals surface area contributed by atoms with Gasteiger partial charge in [-0.1, -0.05) is 67.9 Å². The van der Waals surface area contributed by atoms with Gasteiger partial charge in [0.25, 0.3) is 5.91 Å². The normalized spacial score (nSPS) is 15.7. The van der Waals surface area contributed by atoms with Crippen molar-refractivity contribution in [2.24, 2.45) is 0 Å². The van der Waals surface area contributed by atoms with Crippen molar-refractivity contribution in [2.45, 2.75) is 38.1 Å². The van der Waals surface area contributed by atoms with Gasteiger partial charge in [-0.25, -0.2) is 0 Å². The first kappa shape index (κ1) is 22.2. The molecule has 1 heterocycles. The van der Waals surface area contributed by atoms with Crippen LogP contribution in [0.4, 0.5) is 5.69 Å². The average Bonchev–Trinajstić information content (AvgIpc) is 3.19. The fourth-order valence-electron chi connectivity index (χ4n) is 3.82. The molecular weight excluding hydrogens is 416 g/mol. The zero-order valence-corrected chi connectivity index (χ0v) is 19.1. The van der Waals surface area contributed by atoms with Gasteiger partial charge in [0.05, 0.1) is 5.75 Å². The van der Waals surface area contributed by atoms with Crippen molar-refractivity contribution in [1.82, 2.24) is 4.90 Å². The number of aryl methyl sites for hydroxylation is 1. The summed E-state index contributed by atoms with van der Waals surface area (Å²) in [5, 5.41) is 2.94. The lowest BCUT2D eigenvalue weighted by molar-refractivity contribution is -0.128. The van der Waals surface area contributed by atoms with Gasteiger partial charge in [0.2, 0.25) is 5.91 Å². The van der Waals surface area contributed by atoms with E-state index in [0.717, 1.165) is 23.2 Å². The Morgan fingerprint density at radius 1 is 0.969 bits per heavy atom. The number of benzene rings is 3. The number of hydrogen-bond donors (Lipinski definition) is 1. The van der Waals surface area contributed by atoms with Crippen molar-refractivity contribution >= 4 is 29.3 Å². The monoisotopic (exact) mass is 444 g/mol. The maximum atomic E-state index is 12.7. The first-order chi connectivity index (χ1) is 15.6. The van der Waals surface area contributed by atoms with E-state index >= 15 is 0 Å². The second-order valence-corrected chi connectivity index (χ2v) is 9.12. The Hall–Kier alpha value is -3.05. The van der Waals surface area contributed by atoms with Gasteiger partial charge in [0, 0.05) is 17.8 Å². The number of carbonyl (C=O) groups is 2. The summed E-state index contributed by atoms with van der Waals surface area (Å²) in [6.45, 7) is 2.78. The molecule has 3 aromatic rings. The van der Waals surface area contributed by atoms with E-state index in [1.165, 1.54) is 18.4 Å². The number of rotatable bonds is 8. The minimum atomic E-state index is -0.130. The van der Waals surface area contributed by atoms with Crippen LogP contribution < -0.4 is 5.32 Å². The van der Waals surface area contributed by atoms with Gasteiger partial charge in [0.1, 0.15) is 5.37 Å². The summed E-state index contributed by atoms with van der Waals surface area (Å²) in [7, 11) is 0. The second-order valence-electron chi connectivity index (χ2n) is 8.05. The number of thioether (sulfide) groups is 1. The lowest BCUT2D eigenvalue weighted by atomic mass is 10.1. The van der Waals surface area contributed by atoms with E-state index in [2.05, 4.69) is 24.4 Å². The Morgan fingerprint density at radius 3 is 2.38 bits per heavy atom. The van der Waals surface area contributed by atoms with E-state index in [-0.39, 0.29) is 17.2 Å². The highest BCUT2D eigenvalue weighted by Gasteiger charge is 2.32. The standard InChI is InChI=1S/C27H28N2O2S/c1-2-3-7-20-10-16-24(17-11-20)28-26(31)22-12-14-23(15-13-22)27-29(25(30)19-32-27)18-21-8-5-4-6-9-21/h4-6,8-17,27H,2-3,7,18-19H2,1H3,(H,28,31)/t27-/m0/s1. The molecule has 0 aliphatic carbocycles. The number of amides is 2. The Morgan fingerprint density at radius 2 is 1.69 bits per heavy atom. The Labute approximate surface area is 194 Å². The first-order valence-corrected chi connectivity index (χ1v) is 12.1. The van der Waals surface area contributed by atoms with Crippen molar-refractivity contribution in [3.05, 3.63) is 101 Å². The molecule has 1 saturated heterocycles. The van der Waals surface area contributed by atoms with Gasteiger partial charge in [-0.15, -0.1) is 11.8 Å². The zero-order valence-electron chi connectivity index (χ0n) is 18.3. The highest BCUT2D eigenvalue weighted by molar-refractivity contribution is 8.00. The predicted octanol–water partition coefficient (Wildman–Crippen LogP) is 6.06. The van der Waals surface area contributed by atoms with Crippen LogP contribution >= 0.6 is 11.8 Å². The molecule has 0 saturated carbocycles. The van der Waals surface area contributed by atoms with Crippen LogP contribution in [0.2, 0.25) is 0 Å². The van der Waals surface area contributed by atoms with E-state index in [4.69, 9.17) is 0 Å². The Kier molecular flexibility index (Phi) is 7.28. The van der Waals surface area contributed by atoms with Gasteiger partial charge < -0.3 is 10.2 Å². The van der Waals surface area contributed by atoms with Crippen LogP contribution in [0.3, 0.4) is 0 Å². The van der Waals surface area contributed by atoms with Gasteiger partial charge in [0.15, 0.2) is 0 Å². The lowest BCUT2D eigenvalue weighted by Crippen LogP contribution is -2.27. The number of unbranched alkanes of at least 4 members (excludes halogenated alkanes) is 1. The number of carbonyl (C=O) groups excluding carboxylic acids is 2. The number of hydrogen-bond acceptors (Lipinski definition) is 3. The third kappa shape index (κ3) is 5.40. The maximum Gasteiger partial charge on any atom is 0.255 e. The fraction of sp³-hybridized carbons (Fsp3) is 0.259. The molecule has 4 rings (SSSR count). The molecule has 0 bridgehead atoms. The molecule has 1 aliphatic heterocycles. The molecule has 32 heavy (non-hydrogen) atoms. The lowest BCUT2D eigenvalue weighted by Gasteiger charge is -2.24. The van der Waals surface area contributed by atoms with Crippen LogP contribution in [-0.2, 0) is 17.8 Å². The summed E-state index contributed by atoms with van der Waals surface area (Å²) in [6.07, 6.45) is 3.41. The first-order valence-electron chi connectivity index (χ1n) is 11.1. The molecular formula is C27H28N2O2S. The van der Waals surface area contributed by atoms with Crippen LogP contribution in [0.1, 0.15) is 52.2 Å². The molecule has 3 aromatic carbocycles. The molecule has 0 unspecified atom stereocenters. The second kappa shape index (κ2) is 10.5. The van der Waals surface area contributed by atoms with Gasteiger partial charge >= 0.3 is 0 Å². The summed E-state index contributed by atoms with van der Waals surface area (Å²) in [6, 6.07) is 25.7. The highest BCUT2D eigenvalue weighted by atomic mass is 32.2. The van der Waals surface area contributed by atoms with E-state index in [1.54, 1.807) is 11.8 Å². The van der Waals surface area contributed by atoms with Crippen LogP contribution in [0.15, 0.2) is 78.9 Å². The molecule has 5 heteroatoms. The van der Waals surface area contributed by atoms with Crippen molar-refractivity contribution in [3.8, 4) is 0 Å². The Bertz CT molecular complexity index is 1050. The molecule has 164 valence electrons. The van der Waals surface area contributed by atoms with Crippen LogP contribution in [-0.4, -0.2) is 22.5 Å². The number of anilines is 1. The van der Waals surface area contributed by atoms with Crippen LogP contribution in [0.25, 0.3) is 0 Å². The minimum absolute atomic E-state index is 0.0320. The smallest absolute Gasteiger partial charge is 0.255 e. The van der Waals surface area contributed by atoms with Crippen molar-refractivity contribution in [2.75, 3.05) is 11.1 Å². The molecule has 0 spiro atoms. The van der Waals surface area contributed by atoms with E-state index in [1.807, 2.05) is 71.6 Å². The minimum Gasteiger partial charge on any atom is -0.322 e. The topological polar surface area (TPSA) is 49.4 Å². The zero-order chi connectivity index (χ0) is 22.3. The summed E-state index contributed by atoms with van der Waals surface area (Å²) in [5.41, 5.74) is 4.84. The quantitative estimate of drug-likeness (QED) is 0.460. The highest BCUT2D eigenvalue weighted by Crippen LogP contribution is 2.39. The number of nitrogens with zero attached hydrogens (tertiary/aromatic N) is 1. The van der Waals surface area contributed by atoms with Gasteiger partial charge in [-0.2, -0.15) is 0 Å². The summed E-state index contributed by atoms with van der Waals surface area (Å²) in [5.74, 6) is 0.496. The molecule has 4 nitrogen and oxygen atoms in total. The van der Waals surface area contributed by atoms with Crippen molar-refractivity contribution in [3.63, 3.8) is 0 Å². The summed E-state index contributed by atoms with van der Waals surface area (Å²) in [4.78, 5) is 27.1. The van der Waals surface area contributed by atoms with E-state index < -0.39 is 0 Å². The van der Waals surface area contributed by atoms with Gasteiger partial charge in [-0.05, 0) is 53.8 Å². The molecule has 1 N–H and O–H groups in total. The SMILES string of the molecule is CCCCc1ccc(NC(=O)c2ccc([C@@H]3SCC(=O)N3Cc3ccccc3)cc2)cc1. The molecule has 0 aromatic heterocycles. The van der Waals surface area contributed by atoms with Crippen molar-refractivity contribution < 1.29 is 9.59 Å². The maximum absolute atomic E-state index is 12.7. The largest absolute Gasteiger partial charge is 0.322 e. The third-order valence-corrected chi connectivity index (χ3v) is 6.91. The average molecular weight is 445 g/mol. The molecule has 1 aliphatic rings. The summed E-state index contributed by atoms with van der Waals surface area (Å²) < 4.78 is 0. The Balaban J connectivity index is 1.40. The van der Waals surface area contributed by atoms with Gasteiger partial charge in [-0.3, -0.25) is 9.59 Å². The molecule has 2 amide bonds.